The van der Waals surface area contributed by atoms with Crippen LogP contribution in [0, 0.1) is 27.7 Å². The summed E-state index contributed by atoms with van der Waals surface area (Å²) in [7, 11) is -0.335. The molecule has 0 heterocycles. The fourth-order valence-corrected chi connectivity index (χ4v) is 4.37. The van der Waals surface area contributed by atoms with Crippen molar-refractivity contribution in [3.05, 3.63) is 58.7 Å². The van der Waals surface area contributed by atoms with Crippen molar-refractivity contribution in [1.82, 2.24) is 0 Å². The Labute approximate surface area is 107 Å². The third-order valence-corrected chi connectivity index (χ3v) is 6.04. The number of aryl methyl sites for hydroxylation is 2. The predicted octanol–water partition coefficient (Wildman–Crippen LogP) is 2.04. The van der Waals surface area contributed by atoms with Gasteiger partial charge in [-0.3, -0.25) is 0 Å². The zero-order valence-electron chi connectivity index (χ0n) is 11.2. The Balaban J connectivity index is 2.46. The molecule has 0 bridgehead atoms. The lowest BCUT2D eigenvalue weighted by atomic mass is 10.0. The van der Waals surface area contributed by atoms with Crippen LogP contribution >= 0.6 is 0 Å². The molecule has 0 nitrogen and oxygen atoms in total. The van der Waals surface area contributed by atoms with Gasteiger partial charge in [0.05, 0.1) is 9.52 Å². The van der Waals surface area contributed by atoms with E-state index in [0.29, 0.717) is 0 Å². The highest BCUT2D eigenvalue weighted by atomic mass is 28.2. The van der Waals surface area contributed by atoms with Gasteiger partial charge in [0.1, 0.15) is 0 Å². The van der Waals surface area contributed by atoms with Gasteiger partial charge in [-0.1, -0.05) is 46.8 Å². The minimum atomic E-state index is -0.335. The third kappa shape index (κ3) is 2.50. The molecule has 0 amide bonds. The largest absolute Gasteiger partial charge is 0.0882 e. The molecule has 0 radical (unpaired) electrons. The Morgan fingerprint density at radius 2 is 1.29 bits per heavy atom. The number of hydrogen-bond acceptors (Lipinski definition) is 0. The summed E-state index contributed by atoms with van der Waals surface area (Å²) in [6.45, 7) is 9.00. The molecule has 2 rings (SSSR count). The average molecular weight is 240 g/mol. The Hall–Kier alpha value is -1.34. The molecule has 0 saturated heterocycles. The van der Waals surface area contributed by atoms with Gasteiger partial charge in [-0.25, -0.2) is 0 Å². The topological polar surface area (TPSA) is 0 Å². The van der Waals surface area contributed by atoms with Crippen LogP contribution in [0.25, 0.3) is 0 Å². The van der Waals surface area contributed by atoms with Crippen molar-refractivity contribution in [3.8, 4) is 0 Å². The molecule has 0 aliphatic heterocycles. The van der Waals surface area contributed by atoms with Crippen LogP contribution in [0.2, 0.25) is 0 Å². The molecule has 1 heteroatoms. The maximum Gasteiger partial charge on any atom is 0.0882 e. The van der Waals surface area contributed by atoms with Crippen LogP contribution < -0.4 is 10.4 Å². The number of rotatable bonds is 2. The lowest BCUT2D eigenvalue weighted by Crippen LogP contribution is -2.32. The van der Waals surface area contributed by atoms with Crippen molar-refractivity contribution in [2.75, 3.05) is 0 Å². The van der Waals surface area contributed by atoms with Gasteiger partial charge in [-0.05, 0) is 49.9 Å². The molecular formula is C16H20Si. The van der Waals surface area contributed by atoms with E-state index in [-0.39, 0.29) is 9.52 Å². The average Bonchev–Trinajstić information content (AvgIpc) is 2.33. The van der Waals surface area contributed by atoms with E-state index in [1.54, 1.807) is 5.19 Å². The van der Waals surface area contributed by atoms with Crippen molar-refractivity contribution in [2.24, 2.45) is 0 Å². The van der Waals surface area contributed by atoms with Crippen molar-refractivity contribution in [1.29, 1.82) is 0 Å². The van der Waals surface area contributed by atoms with Crippen molar-refractivity contribution < 1.29 is 0 Å². The second-order valence-corrected chi connectivity index (χ2v) is 6.78. The molecule has 0 atom stereocenters. The minimum absolute atomic E-state index is 0.335. The van der Waals surface area contributed by atoms with Gasteiger partial charge in [-0.15, -0.1) is 0 Å². The first kappa shape index (κ1) is 12.1. The Kier molecular flexibility index (Phi) is 3.48. The highest BCUT2D eigenvalue weighted by Gasteiger charge is 2.09. The van der Waals surface area contributed by atoms with Gasteiger partial charge >= 0.3 is 0 Å². The maximum absolute atomic E-state index is 2.31. The zero-order chi connectivity index (χ0) is 12.4. The van der Waals surface area contributed by atoms with E-state index in [4.69, 9.17) is 0 Å². The highest BCUT2D eigenvalue weighted by Crippen LogP contribution is 2.11. The van der Waals surface area contributed by atoms with Gasteiger partial charge in [0.15, 0.2) is 0 Å². The molecule has 2 aromatic carbocycles. The third-order valence-electron chi connectivity index (χ3n) is 3.75. The lowest BCUT2D eigenvalue weighted by Gasteiger charge is -2.15. The van der Waals surface area contributed by atoms with Gasteiger partial charge in [0.25, 0.3) is 0 Å². The first-order valence-electron chi connectivity index (χ1n) is 6.20. The number of benzene rings is 2. The fraction of sp³-hybridized carbons (Fsp3) is 0.250. The molecule has 0 fully saturated rings. The van der Waals surface area contributed by atoms with E-state index in [9.17, 15) is 0 Å². The molecule has 0 unspecified atom stereocenters. The molecule has 2 aromatic rings. The minimum Gasteiger partial charge on any atom is -0.0633 e. The number of hydrogen-bond donors (Lipinski definition) is 0. The Bertz CT molecular complexity index is 501. The summed E-state index contributed by atoms with van der Waals surface area (Å²) in [6.07, 6.45) is 0. The fourth-order valence-electron chi connectivity index (χ4n) is 2.36. The van der Waals surface area contributed by atoms with Crippen LogP contribution in [-0.2, 0) is 0 Å². The van der Waals surface area contributed by atoms with E-state index in [0.717, 1.165) is 0 Å². The van der Waals surface area contributed by atoms with Crippen LogP contribution in [0.3, 0.4) is 0 Å². The lowest BCUT2D eigenvalue weighted by molar-refractivity contribution is 1.27. The summed E-state index contributed by atoms with van der Waals surface area (Å²) in [5.41, 5.74) is 5.88. The van der Waals surface area contributed by atoms with Crippen LogP contribution in [0.1, 0.15) is 22.3 Å². The van der Waals surface area contributed by atoms with E-state index in [1.165, 1.54) is 27.4 Å². The normalized spacial score (nSPS) is 11.3. The van der Waals surface area contributed by atoms with Crippen LogP contribution in [0.15, 0.2) is 36.4 Å². The Morgan fingerprint density at radius 1 is 0.765 bits per heavy atom. The highest BCUT2D eigenvalue weighted by molar-refractivity contribution is 6.68. The monoisotopic (exact) mass is 240 g/mol. The van der Waals surface area contributed by atoms with Crippen LogP contribution in [0.5, 0.6) is 0 Å². The molecule has 88 valence electrons. The van der Waals surface area contributed by atoms with Crippen molar-refractivity contribution in [2.45, 2.75) is 27.7 Å². The van der Waals surface area contributed by atoms with E-state index in [2.05, 4.69) is 64.1 Å². The molecule has 0 aliphatic rings. The summed E-state index contributed by atoms with van der Waals surface area (Å²) >= 11 is 0. The maximum atomic E-state index is 2.31. The van der Waals surface area contributed by atoms with Gasteiger partial charge in [0.2, 0.25) is 0 Å². The molecular weight excluding hydrogens is 220 g/mol. The smallest absolute Gasteiger partial charge is 0.0633 e. The van der Waals surface area contributed by atoms with E-state index >= 15 is 0 Å². The van der Waals surface area contributed by atoms with Gasteiger partial charge < -0.3 is 0 Å². The predicted molar refractivity (Wildman–Crippen MR) is 79.6 cm³/mol. The standard InChI is InChI=1S/C16H20Si/c1-11-10-12(2)14(4)16(13(11)3)17-15-8-6-5-7-9-15/h5-10H,17H2,1-4H3. The molecule has 0 aromatic heterocycles. The first-order valence-corrected chi connectivity index (χ1v) is 7.61. The van der Waals surface area contributed by atoms with Crippen LogP contribution in [0.4, 0.5) is 0 Å². The van der Waals surface area contributed by atoms with Crippen LogP contribution in [-0.4, -0.2) is 9.52 Å². The summed E-state index contributed by atoms with van der Waals surface area (Å²) in [6, 6.07) is 13.2. The van der Waals surface area contributed by atoms with E-state index in [1.807, 2.05) is 0 Å². The first-order chi connectivity index (χ1) is 8.09. The molecule has 0 saturated carbocycles. The summed E-state index contributed by atoms with van der Waals surface area (Å²) in [5.74, 6) is 0. The summed E-state index contributed by atoms with van der Waals surface area (Å²) in [5, 5.41) is 3.16. The second-order valence-electron chi connectivity index (χ2n) is 4.90. The van der Waals surface area contributed by atoms with Crippen molar-refractivity contribution >= 4 is 19.9 Å². The van der Waals surface area contributed by atoms with Gasteiger partial charge in [0, 0.05) is 0 Å². The van der Waals surface area contributed by atoms with E-state index < -0.39 is 0 Å². The molecule has 0 spiro atoms. The molecule has 0 N–H and O–H groups in total. The summed E-state index contributed by atoms with van der Waals surface area (Å²) < 4.78 is 0. The zero-order valence-corrected chi connectivity index (χ0v) is 12.6. The Morgan fingerprint density at radius 3 is 1.82 bits per heavy atom. The second kappa shape index (κ2) is 4.88. The van der Waals surface area contributed by atoms with Gasteiger partial charge in [-0.2, -0.15) is 0 Å². The SMILES string of the molecule is Cc1cc(C)c(C)c([SiH2]c2ccccc2)c1C. The van der Waals surface area contributed by atoms with Crippen molar-refractivity contribution in [3.63, 3.8) is 0 Å². The molecule has 0 aliphatic carbocycles. The quantitative estimate of drug-likeness (QED) is 0.705. The summed E-state index contributed by atoms with van der Waals surface area (Å²) in [4.78, 5) is 0. The molecule has 17 heavy (non-hydrogen) atoms.